The SMILES string of the molecule is O=C(Oc1ccccc1)[C@@]1(c2ccccc2)C(=O)N(Cc2ccccc2)c2ccccc21. The van der Waals surface area contributed by atoms with E-state index in [2.05, 4.69) is 0 Å². The molecule has 0 aromatic heterocycles. The van der Waals surface area contributed by atoms with Gasteiger partial charge in [-0.2, -0.15) is 0 Å². The molecule has 0 saturated heterocycles. The monoisotopic (exact) mass is 419 g/mol. The highest BCUT2D eigenvalue weighted by Crippen LogP contribution is 2.47. The van der Waals surface area contributed by atoms with Crippen LogP contribution in [0.4, 0.5) is 5.69 Å². The number of para-hydroxylation sites is 2. The van der Waals surface area contributed by atoms with Gasteiger partial charge in [0.1, 0.15) is 5.75 Å². The molecule has 0 aliphatic carbocycles. The number of rotatable bonds is 5. The van der Waals surface area contributed by atoms with Crippen LogP contribution in [0.1, 0.15) is 16.7 Å². The van der Waals surface area contributed by atoms with Gasteiger partial charge in [-0.3, -0.25) is 4.79 Å². The lowest BCUT2D eigenvalue weighted by atomic mass is 9.75. The maximum absolute atomic E-state index is 14.1. The molecule has 1 amide bonds. The van der Waals surface area contributed by atoms with E-state index >= 15 is 0 Å². The van der Waals surface area contributed by atoms with Crippen LogP contribution >= 0.6 is 0 Å². The molecule has 0 unspecified atom stereocenters. The number of amides is 1. The van der Waals surface area contributed by atoms with Crippen molar-refractivity contribution in [3.63, 3.8) is 0 Å². The van der Waals surface area contributed by atoms with Crippen molar-refractivity contribution in [2.75, 3.05) is 4.90 Å². The minimum absolute atomic E-state index is 0.310. The zero-order valence-electron chi connectivity index (χ0n) is 17.3. The third kappa shape index (κ3) is 3.17. The summed E-state index contributed by atoms with van der Waals surface area (Å²) in [5.74, 6) is -0.516. The fourth-order valence-electron chi connectivity index (χ4n) is 4.33. The highest BCUT2D eigenvalue weighted by atomic mass is 16.5. The number of hydrogen-bond donors (Lipinski definition) is 0. The van der Waals surface area contributed by atoms with Crippen LogP contribution in [0, 0.1) is 0 Å². The Kier molecular flexibility index (Phi) is 5.04. The zero-order chi connectivity index (χ0) is 22.0. The number of carbonyl (C=O) groups excluding carboxylic acids is 2. The lowest BCUT2D eigenvalue weighted by Crippen LogP contribution is -2.49. The largest absolute Gasteiger partial charge is 0.425 e. The van der Waals surface area contributed by atoms with Crippen molar-refractivity contribution in [1.29, 1.82) is 0 Å². The number of fused-ring (bicyclic) bond motifs is 1. The number of esters is 1. The van der Waals surface area contributed by atoms with Crippen LogP contribution in [0.3, 0.4) is 0 Å². The van der Waals surface area contributed by atoms with E-state index in [4.69, 9.17) is 4.74 Å². The summed E-state index contributed by atoms with van der Waals surface area (Å²) in [4.78, 5) is 29.7. The molecule has 4 nitrogen and oxygen atoms in total. The molecule has 1 heterocycles. The molecule has 1 aliphatic heterocycles. The van der Waals surface area contributed by atoms with Gasteiger partial charge in [0.2, 0.25) is 0 Å². The third-order valence-electron chi connectivity index (χ3n) is 5.82. The maximum atomic E-state index is 14.1. The first-order valence-electron chi connectivity index (χ1n) is 10.5. The number of hydrogen-bond acceptors (Lipinski definition) is 3. The summed E-state index contributed by atoms with van der Waals surface area (Å²) in [5.41, 5.74) is 1.34. The Hall–Kier alpha value is -4.18. The highest BCUT2D eigenvalue weighted by Gasteiger charge is 2.58. The van der Waals surface area contributed by atoms with E-state index in [0.717, 1.165) is 11.3 Å². The molecule has 4 aromatic rings. The first-order chi connectivity index (χ1) is 15.7. The summed E-state index contributed by atoms with van der Waals surface area (Å²) in [7, 11) is 0. The van der Waals surface area contributed by atoms with Gasteiger partial charge < -0.3 is 9.64 Å². The van der Waals surface area contributed by atoms with Crippen LogP contribution in [0.15, 0.2) is 115 Å². The summed E-state index contributed by atoms with van der Waals surface area (Å²) in [6, 6.07) is 35.3. The standard InChI is InChI=1S/C28H21NO3/c30-26-28(22-14-6-2-7-15-22,27(31)32-23-16-8-3-9-17-23)24-18-10-11-19-25(24)29(26)20-21-12-4-1-5-13-21/h1-19H,20H2/t28-/m1/s1. The Labute approximate surface area is 186 Å². The summed E-state index contributed by atoms with van der Waals surface area (Å²) in [5, 5.41) is 0. The van der Waals surface area contributed by atoms with Crippen LogP contribution in [0.5, 0.6) is 5.75 Å². The second kappa shape index (κ2) is 8.16. The zero-order valence-corrected chi connectivity index (χ0v) is 17.3. The molecule has 4 aromatic carbocycles. The molecule has 4 heteroatoms. The topological polar surface area (TPSA) is 46.6 Å². The van der Waals surface area contributed by atoms with Crippen LogP contribution < -0.4 is 9.64 Å². The molecule has 0 N–H and O–H groups in total. The fraction of sp³-hybridized carbons (Fsp3) is 0.0714. The summed E-state index contributed by atoms with van der Waals surface area (Å²) in [6.45, 7) is 0.365. The molecule has 5 rings (SSSR count). The number of anilines is 1. The quantitative estimate of drug-likeness (QED) is 0.256. The Bertz CT molecular complexity index is 1260. The number of benzene rings is 4. The van der Waals surface area contributed by atoms with Crippen LogP contribution in [-0.2, 0) is 21.5 Å². The van der Waals surface area contributed by atoms with Gasteiger partial charge in [0, 0.05) is 11.3 Å². The minimum atomic E-state index is -1.58. The highest BCUT2D eigenvalue weighted by molar-refractivity contribution is 6.23. The first kappa shape index (κ1) is 19.8. The van der Waals surface area contributed by atoms with E-state index in [1.165, 1.54) is 0 Å². The van der Waals surface area contributed by atoms with Gasteiger partial charge in [-0.05, 0) is 29.3 Å². The van der Waals surface area contributed by atoms with Gasteiger partial charge in [-0.1, -0.05) is 97.1 Å². The number of nitrogens with zero attached hydrogens (tertiary/aromatic N) is 1. The van der Waals surface area contributed by atoms with Crippen molar-refractivity contribution in [1.82, 2.24) is 0 Å². The molecule has 1 aliphatic rings. The molecule has 32 heavy (non-hydrogen) atoms. The smallest absolute Gasteiger partial charge is 0.336 e. The van der Waals surface area contributed by atoms with Gasteiger partial charge in [0.25, 0.3) is 5.91 Å². The molecule has 0 bridgehead atoms. The van der Waals surface area contributed by atoms with Crippen molar-refractivity contribution < 1.29 is 14.3 Å². The Morgan fingerprint density at radius 3 is 1.97 bits per heavy atom. The van der Waals surface area contributed by atoms with Crippen molar-refractivity contribution in [2.45, 2.75) is 12.0 Å². The van der Waals surface area contributed by atoms with Crippen LogP contribution in [0.2, 0.25) is 0 Å². The lowest BCUT2D eigenvalue weighted by molar-refractivity contribution is -0.143. The average Bonchev–Trinajstić information content (AvgIpc) is 3.09. The van der Waals surface area contributed by atoms with Crippen molar-refractivity contribution in [3.8, 4) is 5.75 Å². The summed E-state index contributed by atoms with van der Waals surface area (Å²) in [6.07, 6.45) is 0. The predicted molar refractivity (Wildman–Crippen MR) is 123 cm³/mol. The van der Waals surface area contributed by atoms with E-state index in [-0.39, 0.29) is 5.91 Å². The lowest BCUT2D eigenvalue weighted by Gasteiger charge is -2.27. The maximum Gasteiger partial charge on any atom is 0.336 e. The first-order valence-corrected chi connectivity index (χ1v) is 10.5. The second-order valence-electron chi connectivity index (χ2n) is 7.71. The molecule has 0 saturated carbocycles. The normalized spacial score (nSPS) is 17.1. The third-order valence-corrected chi connectivity index (χ3v) is 5.82. The Morgan fingerprint density at radius 2 is 1.28 bits per heavy atom. The molecular formula is C28H21NO3. The Balaban J connectivity index is 1.67. The molecule has 0 fully saturated rings. The average molecular weight is 419 g/mol. The minimum Gasteiger partial charge on any atom is -0.425 e. The van der Waals surface area contributed by atoms with Gasteiger partial charge in [-0.25, -0.2) is 4.79 Å². The van der Waals surface area contributed by atoms with Crippen molar-refractivity contribution in [2.24, 2.45) is 0 Å². The molecule has 0 spiro atoms. The van der Waals surface area contributed by atoms with Crippen LogP contribution in [-0.4, -0.2) is 11.9 Å². The fourth-order valence-corrected chi connectivity index (χ4v) is 4.33. The van der Waals surface area contributed by atoms with Gasteiger partial charge in [-0.15, -0.1) is 0 Å². The summed E-state index contributed by atoms with van der Waals surface area (Å²) >= 11 is 0. The molecule has 0 radical (unpaired) electrons. The van der Waals surface area contributed by atoms with Crippen molar-refractivity contribution in [3.05, 3.63) is 132 Å². The van der Waals surface area contributed by atoms with Gasteiger partial charge >= 0.3 is 5.97 Å². The van der Waals surface area contributed by atoms with Crippen molar-refractivity contribution >= 4 is 17.6 Å². The Morgan fingerprint density at radius 1 is 0.719 bits per heavy atom. The van der Waals surface area contributed by atoms with Gasteiger partial charge in [0.15, 0.2) is 5.41 Å². The van der Waals surface area contributed by atoms with E-state index in [1.54, 1.807) is 29.2 Å². The summed E-state index contributed by atoms with van der Waals surface area (Å²) < 4.78 is 5.80. The molecular weight excluding hydrogens is 398 g/mol. The molecule has 156 valence electrons. The predicted octanol–water partition coefficient (Wildman–Crippen LogP) is 5.13. The van der Waals surface area contributed by atoms with E-state index in [9.17, 15) is 9.59 Å². The van der Waals surface area contributed by atoms with E-state index in [1.807, 2.05) is 91.0 Å². The van der Waals surface area contributed by atoms with Gasteiger partial charge in [0.05, 0.1) is 6.54 Å². The number of ether oxygens (including phenoxy) is 1. The van der Waals surface area contributed by atoms with Crippen LogP contribution in [0.25, 0.3) is 0 Å². The molecule has 1 atom stereocenters. The second-order valence-corrected chi connectivity index (χ2v) is 7.71. The van der Waals surface area contributed by atoms with E-state index in [0.29, 0.717) is 23.4 Å². The number of carbonyl (C=O) groups is 2. The van der Waals surface area contributed by atoms with E-state index < -0.39 is 11.4 Å².